The number of methoxy groups -OCH3 is 1. The third-order valence-electron chi connectivity index (χ3n) is 6.06. The highest BCUT2D eigenvalue weighted by atomic mass is 16.5. The summed E-state index contributed by atoms with van der Waals surface area (Å²) in [6.07, 6.45) is 7.71. The number of hydrogen-bond donors (Lipinski definition) is 1. The van der Waals surface area contributed by atoms with E-state index in [2.05, 4.69) is 27.7 Å². The van der Waals surface area contributed by atoms with Gasteiger partial charge in [-0.05, 0) is 68.1 Å². The summed E-state index contributed by atoms with van der Waals surface area (Å²) >= 11 is 0. The first kappa shape index (κ1) is 16.3. The number of ether oxygens (including phenoxy) is 1. The van der Waals surface area contributed by atoms with E-state index in [-0.39, 0.29) is 11.7 Å². The number of aliphatic hydroxyl groups is 1. The minimum atomic E-state index is -0.284. The van der Waals surface area contributed by atoms with Crippen molar-refractivity contribution in [2.24, 2.45) is 23.2 Å². The highest BCUT2D eigenvalue weighted by Gasteiger charge is 2.47. The summed E-state index contributed by atoms with van der Waals surface area (Å²) in [5, 5.41) is 11.0. The molecule has 0 aromatic heterocycles. The Morgan fingerprint density at radius 3 is 1.90 bits per heavy atom. The Hall–Kier alpha value is -0.0800. The van der Waals surface area contributed by atoms with Crippen molar-refractivity contribution in [2.75, 3.05) is 7.11 Å². The smallest absolute Gasteiger partial charge is 0.0939 e. The molecule has 0 saturated heterocycles. The molecule has 1 N–H and O–H groups in total. The van der Waals surface area contributed by atoms with E-state index < -0.39 is 0 Å². The van der Waals surface area contributed by atoms with Crippen LogP contribution in [0.25, 0.3) is 0 Å². The fourth-order valence-electron chi connectivity index (χ4n) is 4.67. The second kappa shape index (κ2) is 5.96. The fraction of sp³-hybridized carbons (Fsp3) is 1.00. The van der Waals surface area contributed by atoms with Crippen molar-refractivity contribution in [2.45, 2.75) is 84.3 Å². The van der Waals surface area contributed by atoms with Crippen molar-refractivity contribution in [3.8, 4) is 0 Å². The first-order valence-corrected chi connectivity index (χ1v) is 8.51. The molecule has 20 heavy (non-hydrogen) atoms. The van der Waals surface area contributed by atoms with Gasteiger partial charge in [0.15, 0.2) is 0 Å². The van der Waals surface area contributed by atoms with Crippen LogP contribution in [0.5, 0.6) is 0 Å². The average Bonchev–Trinajstić information content (AvgIpc) is 2.37. The van der Waals surface area contributed by atoms with E-state index in [0.717, 1.165) is 37.5 Å². The Bertz CT molecular complexity index is 303. The van der Waals surface area contributed by atoms with Gasteiger partial charge in [-0.2, -0.15) is 0 Å². The quantitative estimate of drug-likeness (QED) is 0.831. The Morgan fingerprint density at radius 1 is 0.950 bits per heavy atom. The fourth-order valence-corrected chi connectivity index (χ4v) is 4.67. The lowest BCUT2D eigenvalue weighted by atomic mass is 9.64. The molecule has 2 rings (SSSR count). The third-order valence-corrected chi connectivity index (χ3v) is 6.06. The maximum atomic E-state index is 11.0. The predicted octanol–water partition coefficient (Wildman–Crippen LogP) is 4.41. The highest BCUT2D eigenvalue weighted by Crippen LogP contribution is 2.47. The van der Waals surface area contributed by atoms with E-state index in [9.17, 15) is 5.11 Å². The van der Waals surface area contributed by atoms with Crippen molar-refractivity contribution in [1.29, 1.82) is 0 Å². The molecule has 2 aliphatic rings. The lowest BCUT2D eigenvalue weighted by molar-refractivity contribution is -0.160. The number of hydrogen-bond acceptors (Lipinski definition) is 2. The van der Waals surface area contributed by atoms with Gasteiger partial charge in [-0.15, -0.1) is 0 Å². The normalized spacial score (nSPS) is 38.4. The van der Waals surface area contributed by atoms with E-state index in [1.165, 1.54) is 19.3 Å². The SMILES string of the molecule is COC1(C(O)C2CC(C)CC(C)C2)CCC(C)(C)CC1. The van der Waals surface area contributed by atoms with Crippen LogP contribution < -0.4 is 0 Å². The molecular weight excluding hydrogens is 248 g/mol. The van der Waals surface area contributed by atoms with Crippen molar-refractivity contribution in [3.63, 3.8) is 0 Å². The standard InChI is InChI=1S/C18H34O2/c1-13-10-14(2)12-15(11-13)16(19)18(20-5)8-6-17(3,4)7-9-18/h13-16,19H,6-12H2,1-5H3. The topological polar surface area (TPSA) is 29.5 Å². The van der Waals surface area contributed by atoms with Crippen LogP contribution in [0.3, 0.4) is 0 Å². The van der Waals surface area contributed by atoms with E-state index in [1.54, 1.807) is 7.11 Å². The molecule has 3 unspecified atom stereocenters. The molecular formula is C18H34O2. The second-order valence-electron chi connectivity index (χ2n) is 8.56. The highest BCUT2D eigenvalue weighted by molar-refractivity contribution is 4.99. The zero-order valence-corrected chi connectivity index (χ0v) is 14.1. The van der Waals surface area contributed by atoms with E-state index in [4.69, 9.17) is 4.74 Å². The summed E-state index contributed by atoms with van der Waals surface area (Å²) in [5.41, 5.74) is 0.131. The molecule has 118 valence electrons. The van der Waals surface area contributed by atoms with Gasteiger partial charge in [0.1, 0.15) is 0 Å². The molecule has 3 atom stereocenters. The van der Waals surface area contributed by atoms with Gasteiger partial charge in [-0.25, -0.2) is 0 Å². The van der Waals surface area contributed by atoms with Crippen LogP contribution in [-0.2, 0) is 4.74 Å². The lowest BCUT2D eigenvalue weighted by Gasteiger charge is -2.48. The van der Waals surface area contributed by atoms with Gasteiger partial charge in [-0.1, -0.05) is 27.7 Å². The van der Waals surface area contributed by atoms with Gasteiger partial charge in [0, 0.05) is 7.11 Å². The minimum absolute atomic E-state index is 0.281. The summed E-state index contributed by atoms with van der Waals surface area (Å²) in [4.78, 5) is 0. The van der Waals surface area contributed by atoms with E-state index in [1.807, 2.05) is 0 Å². The molecule has 2 saturated carbocycles. The maximum absolute atomic E-state index is 11.0. The van der Waals surface area contributed by atoms with Crippen LogP contribution in [-0.4, -0.2) is 23.9 Å². The Morgan fingerprint density at radius 2 is 1.45 bits per heavy atom. The Balaban J connectivity index is 2.07. The van der Waals surface area contributed by atoms with Crippen LogP contribution >= 0.6 is 0 Å². The molecule has 0 aromatic carbocycles. The van der Waals surface area contributed by atoms with Gasteiger partial charge in [-0.3, -0.25) is 0 Å². The van der Waals surface area contributed by atoms with Crippen molar-refractivity contribution >= 4 is 0 Å². The maximum Gasteiger partial charge on any atom is 0.0939 e. The number of aliphatic hydroxyl groups excluding tert-OH is 1. The summed E-state index contributed by atoms with van der Waals surface area (Å²) < 4.78 is 5.91. The van der Waals surface area contributed by atoms with Crippen LogP contribution in [0, 0.1) is 23.2 Å². The first-order chi connectivity index (χ1) is 9.28. The molecule has 0 amide bonds. The number of rotatable bonds is 3. The monoisotopic (exact) mass is 282 g/mol. The van der Waals surface area contributed by atoms with Gasteiger partial charge >= 0.3 is 0 Å². The molecule has 2 aliphatic carbocycles. The van der Waals surface area contributed by atoms with Crippen molar-refractivity contribution in [3.05, 3.63) is 0 Å². The predicted molar refractivity (Wildman–Crippen MR) is 83.7 cm³/mol. The Labute approximate surface area is 125 Å². The van der Waals surface area contributed by atoms with Crippen molar-refractivity contribution in [1.82, 2.24) is 0 Å². The molecule has 0 aliphatic heterocycles. The molecule has 0 spiro atoms. The summed E-state index contributed by atoms with van der Waals surface area (Å²) in [6, 6.07) is 0. The molecule has 0 bridgehead atoms. The summed E-state index contributed by atoms with van der Waals surface area (Å²) in [6.45, 7) is 9.34. The van der Waals surface area contributed by atoms with Crippen LogP contribution in [0.15, 0.2) is 0 Å². The van der Waals surface area contributed by atoms with Crippen LogP contribution in [0.1, 0.15) is 72.6 Å². The van der Waals surface area contributed by atoms with E-state index >= 15 is 0 Å². The zero-order chi connectivity index (χ0) is 15.0. The largest absolute Gasteiger partial charge is 0.390 e. The minimum Gasteiger partial charge on any atom is -0.390 e. The zero-order valence-electron chi connectivity index (χ0n) is 14.1. The molecule has 0 heterocycles. The van der Waals surface area contributed by atoms with Gasteiger partial charge in [0.05, 0.1) is 11.7 Å². The molecule has 0 aromatic rings. The van der Waals surface area contributed by atoms with Crippen molar-refractivity contribution < 1.29 is 9.84 Å². The first-order valence-electron chi connectivity index (χ1n) is 8.51. The average molecular weight is 282 g/mol. The Kier molecular flexibility index (Phi) is 4.86. The lowest BCUT2D eigenvalue weighted by Crippen LogP contribution is -2.52. The third kappa shape index (κ3) is 3.39. The summed E-state index contributed by atoms with van der Waals surface area (Å²) in [5.74, 6) is 1.91. The molecule has 2 heteroatoms. The van der Waals surface area contributed by atoms with Crippen LogP contribution in [0.4, 0.5) is 0 Å². The molecule has 0 radical (unpaired) electrons. The molecule has 2 fully saturated rings. The summed E-state index contributed by atoms with van der Waals surface area (Å²) in [7, 11) is 1.80. The van der Waals surface area contributed by atoms with Gasteiger partial charge < -0.3 is 9.84 Å². The second-order valence-corrected chi connectivity index (χ2v) is 8.56. The van der Waals surface area contributed by atoms with E-state index in [0.29, 0.717) is 11.3 Å². The molecule has 2 nitrogen and oxygen atoms in total. The van der Waals surface area contributed by atoms with Gasteiger partial charge in [0.25, 0.3) is 0 Å². The van der Waals surface area contributed by atoms with Gasteiger partial charge in [0.2, 0.25) is 0 Å². The van der Waals surface area contributed by atoms with Crippen LogP contribution in [0.2, 0.25) is 0 Å².